The number of fused-ring (bicyclic) bond motifs is 4. The van der Waals surface area contributed by atoms with Crippen molar-refractivity contribution in [2.24, 2.45) is 17.8 Å². The maximum atomic E-state index is 12.6. The van der Waals surface area contributed by atoms with Gasteiger partial charge in [-0.25, -0.2) is 0 Å². The van der Waals surface area contributed by atoms with Gasteiger partial charge in [0.25, 0.3) is 0 Å². The third-order valence-corrected chi connectivity index (χ3v) is 6.65. The number of esters is 1. The van der Waals surface area contributed by atoms with Crippen LogP contribution in [0, 0.1) is 17.8 Å². The molecule has 4 fully saturated rings. The molecule has 3 aliphatic heterocycles. The number of hydrogen-bond donors (Lipinski definition) is 0. The third kappa shape index (κ3) is 3.44. The molecule has 1 aromatic carbocycles. The normalized spacial score (nSPS) is 29.7. The summed E-state index contributed by atoms with van der Waals surface area (Å²) in [6, 6.07) is 10.5. The van der Waals surface area contributed by atoms with E-state index >= 15 is 0 Å². The van der Waals surface area contributed by atoms with Crippen LogP contribution in [0.15, 0.2) is 49.2 Å². The average molecular weight is 399 g/mol. The molecule has 1 aromatic heterocycles. The largest absolute Gasteiger partial charge is 0.456 e. The number of para-hydroxylation sites is 1. The van der Waals surface area contributed by atoms with Crippen molar-refractivity contribution in [3.05, 3.63) is 54.7 Å². The fourth-order valence-electron chi connectivity index (χ4n) is 4.95. The molecule has 5 unspecified atom stereocenters. The van der Waals surface area contributed by atoms with Crippen molar-refractivity contribution in [1.29, 1.82) is 0 Å². The fraction of sp³-hybridized carbons (Fsp3) is 0.478. The van der Waals surface area contributed by atoms with Crippen molar-refractivity contribution in [2.45, 2.75) is 37.8 Å². The Morgan fingerprint density at radius 1 is 1.25 bits per heavy atom. The van der Waals surface area contributed by atoms with E-state index < -0.39 is 0 Å². The minimum absolute atomic E-state index is 0. The van der Waals surface area contributed by atoms with Gasteiger partial charge >= 0.3 is 5.97 Å². The Hall–Kier alpha value is -1.91. The second kappa shape index (κ2) is 7.84. The van der Waals surface area contributed by atoms with Crippen molar-refractivity contribution < 1.29 is 9.53 Å². The molecule has 1 aliphatic carbocycles. The summed E-state index contributed by atoms with van der Waals surface area (Å²) in [6.07, 6.45) is 7.96. The summed E-state index contributed by atoms with van der Waals surface area (Å²) in [6.45, 7) is 6.14. The van der Waals surface area contributed by atoms with Crippen molar-refractivity contribution in [1.82, 2.24) is 9.88 Å². The molecule has 6 rings (SSSR count). The highest BCUT2D eigenvalue weighted by Gasteiger charge is 2.45. The highest BCUT2D eigenvalue weighted by molar-refractivity contribution is 5.85. The summed E-state index contributed by atoms with van der Waals surface area (Å²) in [5.41, 5.74) is 2.06. The molecule has 0 amide bonds. The second-order valence-corrected chi connectivity index (χ2v) is 8.30. The number of hydrogen-bond acceptors (Lipinski definition) is 4. The first-order valence-corrected chi connectivity index (χ1v) is 10.2. The molecule has 0 N–H and O–H groups in total. The van der Waals surface area contributed by atoms with Gasteiger partial charge < -0.3 is 4.74 Å². The lowest BCUT2D eigenvalue weighted by Crippen LogP contribution is -2.55. The van der Waals surface area contributed by atoms with Crippen molar-refractivity contribution in [3.8, 4) is 0 Å². The molecule has 3 saturated heterocycles. The Balaban J connectivity index is 0.00000192. The Labute approximate surface area is 172 Å². The summed E-state index contributed by atoms with van der Waals surface area (Å²) in [4.78, 5) is 19.6. The quantitative estimate of drug-likeness (QED) is 0.547. The number of benzene rings is 1. The van der Waals surface area contributed by atoms with Gasteiger partial charge in [-0.1, -0.05) is 24.3 Å². The van der Waals surface area contributed by atoms with Crippen LogP contribution >= 0.6 is 12.4 Å². The number of ether oxygens (including phenoxy) is 1. The molecule has 28 heavy (non-hydrogen) atoms. The van der Waals surface area contributed by atoms with Gasteiger partial charge in [-0.3, -0.25) is 14.7 Å². The predicted octanol–water partition coefficient (Wildman–Crippen LogP) is 4.55. The smallest absolute Gasteiger partial charge is 0.309 e. The maximum absolute atomic E-state index is 12.6. The minimum atomic E-state index is -0.223. The number of piperidine rings is 3. The Kier molecular flexibility index (Phi) is 5.44. The van der Waals surface area contributed by atoms with Gasteiger partial charge in [-0.05, 0) is 56.2 Å². The van der Waals surface area contributed by atoms with Gasteiger partial charge in [0.1, 0.15) is 6.10 Å². The SMILES string of the molecule is C=CC1CN2CCC1CC2C(OC(=O)C1CC1)c1ccnc2ccccc12.Cl. The number of halogens is 1. The van der Waals surface area contributed by atoms with Crippen LogP contribution in [-0.4, -0.2) is 35.0 Å². The molecule has 4 nitrogen and oxygen atoms in total. The summed E-state index contributed by atoms with van der Waals surface area (Å²) in [7, 11) is 0. The number of carbonyl (C=O) groups excluding carboxylic acids is 1. The molecule has 4 aliphatic rings. The first-order valence-electron chi connectivity index (χ1n) is 10.2. The number of rotatable bonds is 5. The van der Waals surface area contributed by atoms with E-state index in [1.54, 1.807) is 0 Å². The van der Waals surface area contributed by atoms with Crippen LogP contribution in [-0.2, 0) is 9.53 Å². The minimum Gasteiger partial charge on any atom is -0.456 e. The van der Waals surface area contributed by atoms with Gasteiger partial charge in [-0.2, -0.15) is 0 Å². The molecule has 2 aromatic rings. The number of pyridine rings is 1. The van der Waals surface area contributed by atoms with E-state index in [1.807, 2.05) is 30.5 Å². The molecule has 0 spiro atoms. The van der Waals surface area contributed by atoms with E-state index in [0.717, 1.165) is 48.8 Å². The molecule has 2 bridgehead atoms. The molecule has 5 heteroatoms. The first kappa shape index (κ1) is 19.4. The van der Waals surface area contributed by atoms with E-state index in [1.165, 1.54) is 6.42 Å². The van der Waals surface area contributed by atoms with E-state index in [0.29, 0.717) is 11.8 Å². The average Bonchev–Trinajstić information content (AvgIpc) is 3.57. The monoisotopic (exact) mass is 398 g/mol. The second-order valence-electron chi connectivity index (χ2n) is 8.30. The molecular weight excluding hydrogens is 372 g/mol. The third-order valence-electron chi connectivity index (χ3n) is 6.65. The van der Waals surface area contributed by atoms with Gasteiger partial charge in [0, 0.05) is 23.7 Å². The zero-order chi connectivity index (χ0) is 18.4. The number of carbonyl (C=O) groups is 1. The summed E-state index contributed by atoms with van der Waals surface area (Å²) >= 11 is 0. The predicted molar refractivity (Wildman–Crippen MR) is 112 cm³/mol. The maximum Gasteiger partial charge on any atom is 0.309 e. The molecular formula is C23H27ClN2O2. The Morgan fingerprint density at radius 2 is 2.07 bits per heavy atom. The van der Waals surface area contributed by atoms with E-state index in [4.69, 9.17) is 4.74 Å². The van der Waals surface area contributed by atoms with Crippen LogP contribution in [0.3, 0.4) is 0 Å². The van der Waals surface area contributed by atoms with Crippen molar-refractivity contribution in [2.75, 3.05) is 13.1 Å². The Bertz CT molecular complexity index is 877. The van der Waals surface area contributed by atoms with Gasteiger partial charge in [0.05, 0.1) is 17.5 Å². The molecule has 1 saturated carbocycles. The van der Waals surface area contributed by atoms with Gasteiger partial charge in [0.2, 0.25) is 0 Å². The zero-order valence-corrected chi connectivity index (χ0v) is 16.8. The van der Waals surface area contributed by atoms with Gasteiger partial charge in [0.15, 0.2) is 0 Å². The van der Waals surface area contributed by atoms with Crippen LogP contribution in [0.4, 0.5) is 0 Å². The van der Waals surface area contributed by atoms with Crippen LogP contribution in [0.1, 0.15) is 37.4 Å². The summed E-state index contributed by atoms with van der Waals surface area (Å²) in [5.74, 6) is 1.29. The van der Waals surface area contributed by atoms with Crippen LogP contribution in [0.25, 0.3) is 10.9 Å². The summed E-state index contributed by atoms with van der Waals surface area (Å²) < 4.78 is 6.20. The summed E-state index contributed by atoms with van der Waals surface area (Å²) in [5, 5.41) is 1.09. The Morgan fingerprint density at radius 3 is 2.79 bits per heavy atom. The standard InChI is InChI=1S/C23H26N2O2.ClH/c1-2-15-14-25-12-10-17(15)13-21(25)22(27-23(26)16-7-8-16)19-9-11-24-20-6-4-3-5-18(19)20;/h2-6,9,11,15-17,21-22H,1,7-8,10,12-14H2;1H. The van der Waals surface area contributed by atoms with E-state index in [-0.39, 0.29) is 36.4 Å². The topological polar surface area (TPSA) is 42.4 Å². The first-order chi connectivity index (χ1) is 13.2. The molecule has 5 atom stereocenters. The zero-order valence-electron chi connectivity index (χ0n) is 16.0. The van der Waals surface area contributed by atoms with Crippen LogP contribution in [0.5, 0.6) is 0 Å². The van der Waals surface area contributed by atoms with E-state index in [2.05, 4.69) is 28.6 Å². The number of nitrogens with zero attached hydrogens (tertiary/aromatic N) is 2. The highest BCUT2D eigenvalue weighted by Crippen LogP contribution is 2.44. The molecule has 148 valence electrons. The van der Waals surface area contributed by atoms with Gasteiger partial charge in [-0.15, -0.1) is 19.0 Å². The lowest BCUT2D eigenvalue weighted by Gasteiger charge is -2.51. The van der Waals surface area contributed by atoms with Crippen LogP contribution in [0.2, 0.25) is 0 Å². The van der Waals surface area contributed by atoms with Crippen molar-refractivity contribution >= 4 is 29.3 Å². The lowest BCUT2D eigenvalue weighted by atomic mass is 9.73. The number of aromatic nitrogens is 1. The van der Waals surface area contributed by atoms with Crippen molar-refractivity contribution in [3.63, 3.8) is 0 Å². The highest BCUT2D eigenvalue weighted by atomic mass is 35.5. The fourth-order valence-corrected chi connectivity index (χ4v) is 4.95. The molecule has 0 radical (unpaired) electrons. The van der Waals surface area contributed by atoms with Crippen LogP contribution < -0.4 is 0 Å². The molecule has 4 heterocycles. The lowest BCUT2D eigenvalue weighted by molar-refractivity contribution is -0.158. The van der Waals surface area contributed by atoms with E-state index in [9.17, 15) is 4.79 Å².